The van der Waals surface area contributed by atoms with Crippen LogP contribution in [0.5, 0.6) is 5.75 Å². The van der Waals surface area contributed by atoms with Gasteiger partial charge in [0, 0.05) is 0 Å². The number of fused-ring (bicyclic) bond motifs is 1. The topological polar surface area (TPSA) is 26.3 Å². The third kappa shape index (κ3) is 5.97. The highest BCUT2D eigenvalue weighted by Gasteiger charge is 2.36. The van der Waals surface area contributed by atoms with E-state index in [0.717, 1.165) is 34.3 Å². The standard InChI is InChI=1S/C38H40O2/c1-27(32-17-20-35-36(24-32)38(4,5)22-21-37(35,2)3)23-28-11-13-30(14-12-28)34(25-39)31-15-18-33(19-16-31)40-26-29-9-7-6-8-10-29/h6-20,23-25,34H,21-22,26H2,1-5H3/b27-23+. The molecular formula is C38H40O2. The van der Waals surface area contributed by atoms with E-state index in [-0.39, 0.29) is 16.7 Å². The second-order valence-corrected chi connectivity index (χ2v) is 12.5. The first-order chi connectivity index (χ1) is 19.2. The first kappa shape index (κ1) is 27.6. The predicted octanol–water partition coefficient (Wildman–Crippen LogP) is 9.51. The lowest BCUT2D eigenvalue weighted by atomic mass is 9.63. The van der Waals surface area contributed by atoms with Gasteiger partial charge in [0.2, 0.25) is 0 Å². The van der Waals surface area contributed by atoms with Crippen molar-refractivity contribution >= 4 is 17.9 Å². The summed E-state index contributed by atoms with van der Waals surface area (Å²) >= 11 is 0. The van der Waals surface area contributed by atoms with Gasteiger partial charge < -0.3 is 9.53 Å². The highest BCUT2D eigenvalue weighted by molar-refractivity contribution is 5.81. The smallest absolute Gasteiger partial charge is 0.131 e. The van der Waals surface area contributed by atoms with E-state index in [9.17, 15) is 4.79 Å². The molecule has 0 aliphatic heterocycles. The van der Waals surface area contributed by atoms with Gasteiger partial charge in [-0.25, -0.2) is 0 Å². The molecule has 0 saturated heterocycles. The van der Waals surface area contributed by atoms with Gasteiger partial charge in [0.25, 0.3) is 0 Å². The van der Waals surface area contributed by atoms with E-state index in [1.165, 1.54) is 35.1 Å². The summed E-state index contributed by atoms with van der Waals surface area (Å²) in [5, 5.41) is 0. The minimum absolute atomic E-state index is 0.193. The quantitative estimate of drug-likeness (QED) is 0.168. The minimum Gasteiger partial charge on any atom is -0.489 e. The highest BCUT2D eigenvalue weighted by Crippen LogP contribution is 2.46. The number of benzene rings is 4. The molecule has 4 aromatic rings. The van der Waals surface area contributed by atoms with Crippen LogP contribution in [0.25, 0.3) is 11.6 Å². The number of carbonyl (C=O) groups is 1. The van der Waals surface area contributed by atoms with Gasteiger partial charge in [-0.3, -0.25) is 0 Å². The van der Waals surface area contributed by atoms with Crippen LogP contribution in [0.15, 0.2) is 97.1 Å². The Hall–Kier alpha value is -3.91. The fourth-order valence-corrected chi connectivity index (χ4v) is 5.83. The van der Waals surface area contributed by atoms with Gasteiger partial charge in [0.15, 0.2) is 0 Å². The Balaban J connectivity index is 1.30. The zero-order valence-electron chi connectivity index (χ0n) is 24.4. The predicted molar refractivity (Wildman–Crippen MR) is 167 cm³/mol. The fourth-order valence-electron chi connectivity index (χ4n) is 5.83. The number of hydrogen-bond donors (Lipinski definition) is 0. The van der Waals surface area contributed by atoms with Crippen molar-refractivity contribution in [3.63, 3.8) is 0 Å². The average Bonchev–Trinajstić information content (AvgIpc) is 2.97. The second kappa shape index (κ2) is 11.3. The van der Waals surface area contributed by atoms with Crippen LogP contribution in [0.4, 0.5) is 0 Å². The summed E-state index contributed by atoms with van der Waals surface area (Å²) in [6.07, 6.45) is 5.69. The molecule has 5 rings (SSSR count). The highest BCUT2D eigenvalue weighted by atomic mass is 16.5. The lowest BCUT2D eigenvalue weighted by molar-refractivity contribution is -0.108. The zero-order chi connectivity index (χ0) is 28.3. The maximum atomic E-state index is 12.1. The molecule has 0 spiro atoms. The van der Waals surface area contributed by atoms with Crippen LogP contribution in [-0.4, -0.2) is 6.29 Å². The fraction of sp³-hybridized carbons (Fsp3) is 0.289. The van der Waals surface area contributed by atoms with Crippen LogP contribution >= 0.6 is 0 Å². The number of carbonyl (C=O) groups excluding carboxylic acids is 1. The van der Waals surface area contributed by atoms with Crippen molar-refractivity contribution in [1.82, 2.24) is 0 Å². The SMILES string of the molecule is C/C(=C\c1ccc(C(C=O)c2ccc(OCc3ccccc3)cc2)cc1)c1ccc2c(c1)C(C)(C)CCC2(C)C. The molecule has 0 N–H and O–H groups in total. The van der Waals surface area contributed by atoms with Crippen LogP contribution < -0.4 is 4.74 Å². The lowest BCUT2D eigenvalue weighted by Crippen LogP contribution is -2.33. The van der Waals surface area contributed by atoms with Crippen LogP contribution in [0, 0.1) is 0 Å². The van der Waals surface area contributed by atoms with Crippen molar-refractivity contribution in [2.24, 2.45) is 0 Å². The molecular weight excluding hydrogens is 488 g/mol. The van der Waals surface area contributed by atoms with E-state index < -0.39 is 0 Å². The Morgan fingerprint density at radius 1 is 0.775 bits per heavy atom. The zero-order valence-corrected chi connectivity index (χ0v) is 24.4. The number of aldehydes is 1. The van der Waals surface area contributed by atoms with E-state index in [1.54, 1.807) is 0 Å². The van der Waals surface area contributed by atoms with Gasteiger partial charge in [0.1, 0.15) is 18.6 Å². The molecule has 2 heteroatoms. The third-order valence-electron chi connectivity index (χ3n) is 8.61. The van der Waals surface area contributed by atoms with Gasteiger partial charge in [-0.15, -0.1) is 0 Å². The van der Waals surface area contributed by atoms with Crippen LogP contribution in [0.3, 0.4) is 0 Å². The second-order valence-electron chi connectivity index (χ2n) is 12.5. The molecule has 0 radical (unpaired) electrons. The molecule has 0 saturated carbocycles. The average molecular weight is 529 g/mol. The van der Waals surface area contributed by atoms with Gasteiger partial charge in [-0.1, -0.05) is 119 Å². The molecule has 0 amide bonds. The Labute approximate surface area is 239 Å². The van der Waals surface area contributed by atoms with Crippen molar-refractivity contribution in [2.75, 3.05) is 0 Å². The Morgan fingerprint density at radius 2 is 1.38 bits per heavy atom. The molecule has 2 nitrogen and oxygen atoms in total. The first-order valence-electron chi connectivity index (χ1n) is 14.3. The van der Waals surface area contributed by atoms with Crippen LogP contribution in [-0.2, 0) is 22.2 Å². The van der Waals surface area contributed by atoms with Gasteiger partial charge in [0.05, 0.1) is 5.92 Å². The molecule has 0 bridgehead atoms. The van der Waals surface area contributed by atoms with Crippen LogP contribution in [0.2, 0.25) is 0 Å². The minimum atomic E-state index is -0.312. The molecule has 1 atom stereocenters. The third-order valence-corrected chi connectivity index (χ3v) is 8.61. The molecule has 0 heterocycles. The normalized spacial score (nSPS) is 16.6. The Kier molecular flexibility index (Phi) is 7.81. The van der Waals surface area contributed by atoms with Gasteiger partial charge >= 0.3 is 0 Å². The summed E-state index contributed by atoms with van der Waals surface area (Å²) in [5.41, 5.74) is 10.1. The molecule has 1 aliphatic rings. The van der Waals surface area contributed by atoms with Crippen molar-refractivity contribution in [3.05, 3.63) is 136 Å². The molecule has 0 aromatic heterocycles. The first-order valence-corrected chi connectivity index (χ1v) is 14.3. The summed E-state index contributed by atoms with van der Waals surface area (Å²) in [4.78, 5) is 12.1. The van der Waals surface area contributed by atoms with E-state index in [2.05, 4.69) is 83.2 Å². The van der Waals surface area contributed by atoms with Crippen molar-refractivity contribution in [2.45, 2.75) is 70.8 Å². The number of ether oxygens (including phenoxy) is 1. The molecule has 40 heavy (non-hydrogen) atoms. The maximum absolute atomic E-state index is 12.1. The van der Waals surface area contributed by atoms with Crippen molar-refractivity contribution in [3.8, 4) is 5.75 Å². The van der Waals surface area contributed by atoms with Crippen molar-refractivity contribution < 1.29 is 9.53 Å². The molecule has 1 aliphatic carbocycles. The van der Waals surface area contributed by atoms with Gasteiger partial charge in [-0.05, 0) is 87.2 Å². The maximum Gasteiger partial charge on any atom is 0.131 e. The summed E-state index contributed by atoms with van der Waals surface area (Å²) in [5.74, 6) is 0.482. The van der Waals surface area contributed by atoms with E-state index in [4.69, 9.17) is 4.74 Å². The van der Waals surface area contributed by atoms with E-state index in [1.807, 2.05) is 54.6 Å². The Morgan fingerprint density at radius 3 is 2.00 bits per heavy atom. The summed E-state index contributed by atoms with van der Waals surface area (Å²) < 4.78 is 5.91. The van der Waals surface area contributed by atoms with Gasteiger partial charge in [-0.2, -0.15) is 0 Å². The van der Waals surface area contributed by atoms with E-state index >= 15 is 0 Å². The summed E-state index contributed by atoms with van der Waals surface area (Å²) in [6.45, 7) is 12.2. The number of hydrogen-bond acceptors (Lipinski definition) is 2. The number of rotatable bonds is 8. The monoisotopic (exact) mass is 528 g/mol. The summed E-state index contributed by atoms with van der Waals surface area (Å²) in [6, 6.07) is 33.3. The largest absolute Gasteiger partial charge is 0.489 e. The molecule has 204 valence electrons. The summed E-state index contributed by atoms with van der Waals surface area (Å²) in [7, 11) is 0. The Bertz CT molecular complexity index is 1490. The molecule has 4 aromatic carbocycles. The molecule has 0 fully saturated rings. The lowest BCUT2D eigenvalue weighted by Gasteiger charge is -2.42. The number of allylic oxidation sites excluding steroid dienone is 1. The molecule has 1 unspecified atom stereocenters. The van der Waals surface area contributed by atoms with Crippen LogP contribution in [0.1, 0.15) is 92.3 Å². The van der Waals surface area contributed by atoms with E-state index in [0.29, 0.717) is 6.61 Å². The van der Waals surface area contributed by atoms with Crippen molar-refractivity contribution in [1.29, 1.82) is 0 Å².